The number of rotatable bonds is 6. The van der Waals surface area contributed by atoms with E-state index in [2.05, 4.69) is 25.7 Å². The zero-order chi connectivity index (χ0) is 21.8. The first-order valence-corrected chi connectivity index (χ1v) is 9.84. The Morgan fingerprint density at radius 3 is 2.13 bits per heavy atom. The summed E-state index contributed by atoms with van der Waals surface area (Å²) in [6, 6.07) is 8.99. The largest absolute Gasteiger partial charge is 0.326 e. The Bertz CT molecular complexity index is 1080. The zero-order valence-electron chi connectivity index (χ0n) is 17.9. The van der Waals surface area contributed by atoms with E-state index in [1.165, 1.54) is 0 Å². The van der Waals surface area contributed by atoms with Crippen molar-refractivity contribution in [2.45, 2.75) is 47.5 Å². The van der Waals surface area contributed by atoms with Crippen molar-refractivity contribution in [1.82, 2.24) is 19.7 Å². The summed E-state index contributed by atoms with van der Waals surface area (Å²) in [6.45, 7) is 9.39. The molecule has 0 aliphatic rings. The van der Waals surface area contributed by atoms with Gasteiger partial charge in [0.1, 0.15) is 0 Å². The highest BCUT2D eigenvalue weighted by atomic mass is 16.2. The molecule has 0 saturated carbocycles. The third-order valence-corrected chi connectivity index (χ3v) is 4.69. The molecule has 3 rings (SSSR count). The van der Waals surface area contributed by atoms with Crippen LogP contribution in [-0.2, 0) is 16.0 Å². The van der Waals surface area contributed by atoms with Crippen LogP contribution in [0.3, 0.4) is 0 Å². The number of anilines is 2. The summed E-state index contributed by atoms with van der Waals surface area (Å²) in [7, 11) is 0. The molecule has 2 aromatic heterocycles. The van der Waals surface area contributed by atoms with E-state index >= 15 is 0 Å². The molecule has 0 aliphatic carbocycles. The maximum absolute atomic E-state index is 12.7. The SMILES string of the molecule is CCC(=O)Nc1cccc(NC(=O)Cc2c(C)nn(-c3nc(C)cc(C)n3)c2C)c1. The fraction of sp³-hybridized carbons (Fsp3) is 0.318. The van der Waals surface area contributed by atoms with Gasteiger partial charge in [-0.1, -0.05) is 13.0 Å². The second-order valence-electron chi connectivity index (χ2n) is 7.22. The average molecular weight is 406 g/mol. The number of hydrogen-bond donors (Lipinski definition) is 2. The van der Waals surface area contributed by atoms with Crippen LogP contribution in [0.5, 0.6) is 0 Å². The summed E-state index contributed by atoms with van der Waals surface area (Å²) in [6.07, 6.45) is 0.567. The lowest BCUT2D eigenvalue weighted by molar-refractivity contribution is -0.116. The van der Waals surface area contributed by atoms with Crippen molar-refractivity contribution in [1.29, 1.82) is 0 Å². The first-order valence-electron chi connectivity index (χ1n) is 9.84. The maximum atomic E-state index is 12.7. The van der Waals surface area contributed by atoms with Gasteiger partial charge in [0.05, 0.1) is 12.1 Å². The number of hydrogen-bond acceptors (Lipinski definition) is 5. The number of nitrogens with one attached hydrogen (secondary N) is 2. The van der Waals surface area contributed by atoms with Gasteiger partial charge in [-0.25, -0.2) is 14.6 Å². The van der Waals surface area contributed by atoms with E-state index in [4.69, 9.17) is 0 Å². The molecule has 0 bridgehead atoms. The average Bonchev–Trinajstić information content (AvgIpc) is 2.95. The van der Waals surface area contributed by atoms with Gasteiger partial charge in [0, 0.05) is 40.4 Å². The Hall–Kier alpha value is -3.55. The molecule has 1 aromatic carbocycles. The zero-order valence-corrected chi connectivity index (χ0v) is 17.9. The number of carbonyl (C=O) groups is 2. The van der Waals surface area contributed by atoms with Crippen molar-refractivity contribution >= 4 is 23.2 Å². The Morgan fingerprint density at radius 1 is 0.933 bits per heavy atom. The molecule has 0 atom stereocenters. The van der Waals surface area contributed by atoms with Gasteiger partial charge in [0.25, 0.3) is 5.95 Å². The first-order chi connectivity index (χ1) is 14.3. The second kappa shape index (κ2) is 8.86. The molecular weight excluding hydrogens is 380 g/mol. The third-order valence-electron chi connectivity index (χ3n) is 4.69. The maximum Gasteiger partial charge on any atom is 0.251 e. The number of aromatic nitrogens is 4. The molecule has 8 nitrogen and oxygen atoms in total. The Kier molecular flexibility index (Phi) is 6.25. The Labute approximate surface area is 175 Å². The summed E-state index contributed by atoms with van der Waals surface area (Å²) in [5, 5.41) is 10.2. The van der Waals surface area contributed by atoms with E-state index < -0.39 is 0 Å². The van der Waals surface area contributed by atoms with Crippen LogP contribution in [0.1, 0.15) is 41.7 Å². The normalized spacial score (nSPS) is 10.7. The number of benzene rings is 1. The Morgan fingerprint density at radius 2 is 1.53 bits per heavy atom. The van der Waals surface area contributed by atoms with Crippen LogP contribution in [0.25, 0.3) is 5.95 Å². The molecule has 0 saturated heterocycles. The quantitative estimate of drug-likeness (QED) is 0.653. The predicted octanol–water partition coefficient (Wildman–Crippen LogP) is 3.43. The van der Waals surface area contributed by atoms with Crippen molar-refractivity contribution in [3.8, 4) is 5.95 Å². The van der Waals surface area contributed by atoms with E-state index in [0.717, 1.165) is 28.3 Å². The predicted molar refractivity (Wildman–Crippen MR) is 116 cm³/mol. The molecule has 3 aromatic rings. The molecule has 0 radical (unpaired) electrons. The highest BCUT2D eigenvalue weighted by Gasteiger charge is 2.18. The molecule has 2 heterocycles. The smallest absolute Gasteiger partial charge is 0.251 e. The van der Waals surface area contributed by atoms with Crippen molar-refractivity contribution < 1.29 is 9.59 Å². The summed E-state index contributed by atoms with van der Waals surface area (Å²) in [5.74, 6) is 0.255. The molecule has 0 aliphatic heterocycles. The topological polar surface area (TPSA) is 102 Å². The highest BCUT2D eigenvalue weighted by molar-refractivity contribution is 5.94. The van der Waals surface area contributed by atoms with Gasteiger partial charge in [0.15, 0.2) is 0 Å². The lowest BCUT2D eigenvalue weighted by Gasteiger charge is -2.09. The van der Waals surface area contributed by atoms with E-state index in [0.29, 0.717) is 23.7 Å². The van der Waals surface area contributed by atoms with Gasteiger partial charge in [0.2, 0.25) is 11.8 Å². The minimum atomic E-state index is -0.166. The van der Waals surface area contributed by atoms with Crippen LogP contribution in [0.15, 0.2) is 30.3 Å². The monoisotopic (exact) mass is 406 g/mol. The third kappa shape index (κ3) is 4.89. The van der Waals surface area contributed by atoms with E-state index in [1.54, 1.807) is 35.9 Å². The van der Waals surface area contributed by atoms with Crippen LogP contribution in [0.4, 0.5) is 11.4 Å². The van der Waals surface area contributed by atoms with Crippen LogP contribution >= 0.6 is 0 Å². The summed E-state index contributed by atoms with van der Waals surface area (Å²) in [5.41, 5.74) is 5.41. The Balaban J connectivity index is 1.77. The summed E-state index contributed by atoms with van der Waals surface area (Å²) >= 11 is 0. The van der Waals surface area contributed by atoms with Gasteiger partial charge in [-0.2, -0.15) is 5.10 Å². The summed E-state index contributed by atoms with van der Waals surface area (Å²) in [4.78, 5) is 33.2. The van der Waals surface area contributed by atoms with Crippen LogP contribution < -0.4 is 10.6 Å². The van der Waals surface area contributed by atoms with Crippen molar-refractivity contribution in [3.05, 3.63) is 58.7 Å². The van der Waals surface area contributed by atoms with Gasteiger partial charge >= 0.3 is 0 Å². The fourth-order valence-corrected chi connectivity index (χ4v) is 3.22. The van der Waals surface area contributed by atoms with Gasteiger partial charge in [-0.15, -0.1) is 0 Å². The highest BCUT2D eigenvalue weighted by Crippen LogP contribution is 2.19. The summed E-state index contributed by atoms with van der Waals surface area (Å²) < 4.78 is 1.68. The second-order valence-corrected chi connectivity index (χ2v) is 7.22. The first kappa shape index (κ1) is 21.2. The minimum absolute atomic E-state index is 0.0780. The molecule has 0 unspecified atom stereocenters. The lowest BCUT2D eigenvalue weighted by Crippen LogP contribution is -2.16. The van der Waals surface area contributed by atoms with Gasteiger partial charge < -0.3 is 10.6 Å². The fourth-order valence-electron chi connectivity index (χ4n) is 3.22. The molecule has 8 heteroatoms. The van der Waals surface area contributed by atoms with E-state index in [-0.39, 0.29) is 18.2 Å². The van der Waals surface area contributed by atoms with Gasteiger partial charge in [-0.3, -0.25) is 9.59 Å². The number of amides is 2. The lowest BCUT2D eigenvalue weighted by atomic mass is 10.1. The van der Waals surface area contributed by atoms with Crippen molar-refractivity contribution in [2.24, 2.45) is 0 Å². The molecule has 2 N–H and O–H groups in total. The molecule has 0 fully saturated rings. The van der Waals surface area contributed by atoms with Gasteiger partial charge in [-0.05, 0) is 52.0 Å². The van der Waals surface area contributed by atoms with Crippen molar-refractivity contribution in [2.75, 3.05) is 10.6 Å². The van der Waals surface area contributed by atoms with Crippen molar-refractivity contribution in [3.63, 3.8) is 0 Å². The van der Waals surface area contributed by atoms with E-state index in [1.807, 2.05) is 33.8 Å². The van der Waals surface area contributed by atoms with E-state index in [9.17, 15) is 9.59 Å². The minimum Gasteiger partial charge on any atom is -0.326 e. The molecule has 30 heavy (non-hydrogen) atoms. The van der Waals surface area contributed by atoms with Crippen LogP contribution in [-0.4, -0.2) is 31.6 Å². The number of nitrogens with zero attached hydrogens (tertiary/aromatic N) is 4. The molecule has 2 amide bonds. The number of aryl methyl sites for hydroxylation is 3. The van der Waals surface area contributed by atoms with Crippen LogP contribution in [0.2, 0.25) is 0 Å². The standard InChI is InChI=1S/C22H26N6O2/c1-6-20(29)25-17-8-7-9-18(11-17)26-21(30)12-19-15(4)27-28(16(19)5)22-23-13(2)10-14(3)24-22/h7-11H,6,12H2,1-5H3,(H,25,29)(H,26,30). The molecular formula is C22H26N6O2. The molecule has 156 valence electrons. The number of carbonyl (C=O) groups excluding carboxylic acids is 2. The van der Waals surface area contributed by atoms with Crippen LogP contribution in [0, 0.1) is 27.7 Å². The molecule has 0 spiro atoms.